The molecule has 5 atom stereocenters. The van der Waals surface area contributed by atoms with Gasteiger partial charge in [0.15, 0.2) is 18.3 Å². The number of phosphoric ester groups is 1. The minimum atomic E-state index is -5.14. The Hall–Kier alpha value is -2.25. The van der Waals surface area contributed by atoms with E-state index in [2.05, 4.69) is 40.2 Å². The van der Waals surface area contributed by atoms with Crippen molar-refractivity contribution in [3.8, 4) is 0 Å². The minimum absolute atomic E-state index is 0.472. The summed E-state index contributed by atoms with van der Waals surface area (Å²) >= 11 is 0. The number of phosphoric acid groups is 1. The first-order valence-electron chi connectivity index (χ1n) is 10.4. The van der Waals surface area contributed by atoms with Gasteiger partial charge in [0.25, 0.3) is 0 Å². The van der Waals surface area contributed by atoms with Gasteiger partial charge in [-0.2, -0.15) is 0 Å². The maximum Gasteiger partial charge on any atom is 0.472 e. The first-order chi connectivity index (χ1) is 15.8. The van der Waals surface area contributed by atoms with Crippen molar-refractivity contribution < 1.29 is 52.2 Å². The average Bonchev–Trinajstić information content (AvgIpc) is 2.71. The predicted molar refractivity (Wildman–Crippen MR) is 116 cm³/mol. The Kier molecular flexibility index (Phi) is 14.6. The van der Waals surface area contributed by atoms with Crippen molar-refractivity contribution in [1.82, 2.24) is 4.90 Å². The molecule has 15 nitrogen and oxygen atoms in total. The number of esters is 3. The zero-order chi connectivity index (χ0) is 26.5. The molecule has 0 saturated carbocycles. The van der Waals surface area contributed by atoms with E-state index in [4.69, 9.17) is 34.3 Å². The number of rotatable bonds is 10. The quantitative estimate of drug-likeness (QED) is 0.106. The van der Waals surface area contributed by atoms with Crippen LogP contribution in [0.1, 0.15) is 41.5 Å². The van der Waals surface area contributed by atoms with E-state index in [1.54, 1.807) is 0 Å². The molecule has 1 fully saturated rings. The number of hydrogen-bond acceptors (Lipinski definition) is 11. The molecule has 0 aromatic carbocycles. The van der Waals surface area contributed by atoms with Gasteiger partial charge in [-0.05, 0) is 25.2 Å². The Morgan fingerprint density at radius 2 is 1.38 bits per heavy atom. The average molecular weight is 512 g/mol. The van der Waals surface area contributed by atoms with Crippen LogP contribution in [-0.2, 0) is 42.4 Å². The smallest absolute Gasteiger partial charge is 0.456 e. The van der Waals surface area contributed by atoms with E-state index in [0.29, 0.717) is 0 Å². The summed E-state index contributed by atoms with van der Waals surface area (Å²) in [6.45, 7) is 12.7. The van der Waals surface area contributed by atoms with Gasteiger partial charge in [0.2, 0.25) is 6.29 Å². The van der Waals surface area contributed by atoms with Gasteiger partial charge in [-0.3, -0.25) is 18.9 Å². The van der Waals surface area contributed by atoms with E-state index in [1.807, 2.05) is 0 Å². The molecule has 196 valence electrons. The van der Waals surface area contributed by atoms with Gasteiger partial charge in [0.1, 0.15) is 6.10 Å². The number of carbonyl (C=O) groups is 3. The van der Waals surface area contributed by atoms with E-state index in [9.17, 15) is 18.9 Å². The van der Waals surface area contributed by atoms with Crippen molar-refractivity contribution in [1.29, 1.82) is 0 Å². The van der Waals surface area contributed by atoms with Crippen LogP contribution in [0.15, 0.2) is 5.11 Å². The van der Waals surface area contributed by atoms with Crippen molar-refractivity contribution in [3.05, 3.63) is 10.4 Å². The monoisotopic (exact) mass is 512 g/mol. The summed E-state index contributed by atoms with van der Waals surface area (Å²) in [7, 11) is -5.14. The molecule has 16 heteroatoms. The summed E-state index contributed by atoms with van der Waals surface area (Å²) in [6, 6.07) is 0. The fraction of sp³-hybridized carbons (Fsp3) is 0.833. The summed E-state index contributed by atoms with van der Waals surface area (Å²) in [4.78, 5) is 57.3. The lowest BCUT2D eigenvalue weighted by Crippen LogP contribution is -2.62. The third-order valence-corrected chi connectivity index (χ3v) is 4.89. The highest BCUT2D eigenvalue weighted by Gasteiger charge is 2.53. The molecule has 0 radical (unpaired) electrons. The highest BCUT2D eigenvalue weighted by Crippen LogP contribution is 2.42. The lowest BCUT2D eigenvalue weighted by molar-refractivity contribution is -0.284. The fourth-order valence-electron chi connectivity index (χ4n) is 3.01. The van der Waals surface area contributed by atoms with Crippen LogP contribution in [0.4, 0.5) is 0 Å². The first-order valence-corrected chi connectivity index (χ1v) is 12.0. The Morgan fingerprint density at radius 1 is 0.941 bits per heavy atom. The van der Waals surface area contributed by atoms with Crippen molar-refractivity contribution in [2.24, 2.45) is 5.11 Å². The third kappa shape index (κ3) is 12.3. The number of carbonyl (C=O) groups excluding carboxylic acids is 3. The number of nitrogens with zero attached hydrogens (tertiary/aromatic N) is 4. The summed E-state index contributed by atoms with van der Waals surface area (Å²) in [6.07, 6.45) is -7.90. The normalized spacial score (nSPS) is 24.2. The molecule has 2 N–H and O–H groups in total. The number of hydrogen-bond donors (Lipinski definition) is 2. The molecular formula is C18H33N4O11P. The molecule has 1 aliphatic heterocycles. The summed E-state index contributed by atoms with van der Waals surface area (Å²) in [5, 5.41) is 3.25. The molecule has 34 heavy (non-hydrogen) atoms. The fourth-order valence-corrected chi connectivity index (χ4v) is 3.45. The van der Waals surface area contributed by atoms with Gasteiger partial charge in [-0.15, -0.1) is 0 Å². The zero-order valence-electron chi connectivity index (χ0n) is 20.0. The van der Waals surface area contributed by atoms with Gasteiger partial charge < -0.3 is 33.6 Å². The predicted octanol–water partition coefficient (Wildman–Crippen LogP) is 1.27. The van der Waals surface area contributed by atoms with Crippen LogP contribution in [0.3, 0.4) is 0 Å². The molecule has 1 heterocycles. The summed E-state index contributed by atoms with van der Waals surface area (Å²) < 4.78 is 36.0. The molecule has 0 amide bonds. The van der Waals surface area contributed by atoms with Crippen LogP contribution < -0.4 is 0 Å². The van der Waals surface area contributed by atoms with Crippen LogP contribution in [0.2, 0.25) is 0 Å². The van der Waals surface area contributed by atoms with Crippen LogP contribution in [-0.4, -0.2) is 89.5 Å². The molecule has 0 aromatic heterocycles. The standard InChI is InChI=1S/C12H18N3O11P.C6H15N/c1-5(16)22-9-8(4-14-15-13)25-12(26-27(19,20)21)11(24-7(3)18)10(9)23-6(2)17;1-4-7(5-2)6-3/h8-12H,4H2,1-3H3,(H2,19,20,21);4-6H2,1-3H3. The lowest BCUT2D eigenvalue weighted by atomic mass is 9.98. The zero-order valence-corrected chi connectivity index (χ0v) is 20.9. The summed E-state index contributed by atoms with van der Waals surface area (Å²) in [5.74, 6) is -2.63. The molecule has 1 aliphatic rings. The topological polar surface area (TPSA) is 207 Å². The van der Waals surface area contributed by atoms with E-state index >= 15 is 0 Å². The van der Waals surface area contributed by atoms with Gasteiger partial charge >= 0.3 is 25.7 Å². The van der Waals surface area contributed by atoms with Crippen molar-refractivity contribution in [2.45, 2.75) is 72.2 Å². The third-order valence-electron chi connectivity index (χ3n) is 4.41. The molecule has 1 rings (SSSR count). The molecule has 5 unspecified atom stereocenters. The number of azide groups is 1. The summed E-state index contributed by atoms with van der Waals surface area (Å²) in [5.41, 5.74) is 8.48. The van der Waals surface area contributed by atoms with Crippen LogP contribution in [0, 0.1) is 0 Å². The van der Waals surface area contributed by atoms with Gasteiger partial charge in [-0.1, -0.05) is 25.9 Å². The van der Waals surface area contributed by atoms with E-state index in [1.165, 1.54) is 19.6 Å². The molecule has 1 saturated heterocycles. The lowest BCUT2D eigenvalue weighted by Gasteiger charge is -2.43. The molecule has 0 aliphatic carbocycles. The molecule has 0 bridgehead atoms. The molecule has 0 spiro atoms. The second-order valence-electron chi connectivity index (χ2n) is 6.89. The van der Waals surface area contributed by atoms with E-state index < -0.39 is 63.0 Å². The Bertz CT molecular complexity index is 761. The van der Waals surface area contributed by atoms with Gasteiger partial charge in [-0.25, -0.2) is 4.57 Å². The molecular weight excluding hydrogens is 479 g/mol. The molecule has 0 aromatic rings. The maximum atomic E-state index is 11.5. The van der Waals surface area contributed by atoms with Crippen molar-refractivity contribution >= 4 is 25.7 Å². The van der Waals surface area contributed by atoms with Crippen molar-refractivity contribution in [3.63, 3.8) is 0 Å². The Morgan fingerprint density at radius 3 is 1.74 bits per heavy atom. The van der Waals surface area contributed by atoms with E-state index in [-0.39, 0.29) is 0 Å². The largest absolute Gasteiger partial charge is 0.472 e. The Labute approximate surface area is 197 Å². The highest BCUT2D eigenvalue weighted by molar-refractivity contribution is 7.46. The van der Waals surface area contributed by atoms with Gasteiger partial charge in [0, 0.05) is 25.7 Å². The van der Waals surface area contributed by atoms with Crippen LogP contribution in [0.5, 0.6) is 0 Å². The van der Waals surface area contributed by atoms with Crippen molar-refractivity contribution in [2.75, 3.05) is 26.2 Å². The highest BCUT2D eigenvalue weighted by atomic mass is 31.2. The van der Waals surface area contributed by atoms with E-state index in [0.717, 1.165) is 20.8 Å². The second kappa shape index (κ2) is 15.6. The SMILES string of the molecule is CC(=O)OC1C(CN=[N+]=[N-])OC(OP(=O)(O)O)C(OC(C)=O)C1OC(C)=O.CCN(CC)CC. The van der Waals surface area contributed by atoms with Crippen LogP contribution >= 0.6 is 7.82 Å². The minimum Gasteiger partial charge on any atom is -0.456 e. The second-order valence-corrected chi connectivity index (χ2v) is 8.09. The Balaban J connectivity index is 0.00000135. The number of ether oxygens (including phenoxy) is 4. The maximum absolute atomic E-state index is 11.5. The van der Waals surface area contributed by atoms with Crippen LogP contribution in [0.25, 0.3) is 10.4 Å². The van der Waals surface area contributed by atoms with Gasteiger partial charge in [0.05, 0.1) is 6.54 Å². The first kappa shape index (κ1) is 31.8.